The van der Waals surface area contributed by atoms with Crippen molar-refractivity contribution >= 4 is 0 Å². The van der Waals surface area contributed by atoms with E-state index in [4.69, 9.17) is 21.6 Å². The summed E-state index contributed by atoms with van der Waals surface area (Å²) in [6, 6.07) is 1.50. The highest BCUT2D eigenvalue weighted by molar-refractivity contribution is 5.17. The highest BCUT2D eigenvalue weighted by Crippen LogP contribution is 1.97. The van der Waals surface area contributed by atoms with Gasteiger partial charge < -0.3 is 0 Å². The van der Waals surface area contributed by atoms with E-state index in [1.807, 2.05) is 0 Å². The highest BCUT2D eigenvalue weighted by Gasteiger charge is 2.08. The van der Waals surface area contributed by atoms with Crippen molar-refractivity contribution in [2.24, 2.45) is 0 Å². The van der Waals surface area contributed by atoms with Gasteiger partial charge in [-0.2, -0.15) is 0 Å². The Balaban J connectivity index is 3.52. The first-order valence-electron chi connectivity index (χ1n) is 4.28. The summed E-state index contributed by atoms with van der Waals surface area (Å²) in [6.45, 7) is 0. The molecule has 2 aliphatic carbocycles. The van der Waals surface area contributed by atoms with Crippen molar-refractivity contribution in [2.75, 3.05) is 0 Å². The number of hydrogen-bond acceptors (Lipinski definition) is 4. The third-order valence-electron chi connectivity index (χ3n) is 2.31. The Morgan fingerprint density at radius 1 is 0.688 bits per heavy atom. The van der Waals surface area contributed by atoms with E-state index in [0.717, 1.165) is 12.1 Å². The predicted molar refractivity (Wildman–Crippen MR) is 47.4 cm³/mol. The van der Waals surface area contributed by atoms with E-state index >= 15 is 0 Å². The van der Waals surface area contributed by atoms with Gasteiger partial charge in [0.15, 0.2) is 0 Å². The van der Waals surface area contributed by atoms with Gasteiger partial charge in [0, 0.05) is 22.6 Å². The van der Waals surface area contributed by atoms with Gasteiger partial charge in [0.1, 0.15) is 11.6 Å². The summed E-state index contributed by atoms with van der Waals surface area (Å²) in [5.41, 5.74) is 0. The lowest BCUT2D eigenvalue weighted by molar-refractivity contribution is 0.587. The molecule has 2 rings (SSSR count). The maximum atomic E-state index is 13.5. The SMILES string of the molecule is N=c1cc(F)c2c(=N)c(=N)cc(F)c=2c1=N. The predicted octanol–water partition coefficient (Wildman–Crippen LogP) is -0.517. The van der Waals surface area contributed by atoms with Gasteiger partial charge in [-0.25, -0.2) is 8.78 Å². The van der Waals surface area contributed by atoms with Gasteiger partial charge >= 0.3 is 0 Å². The second-order valence-electron chi connectivity index (χ2n) is 3.31. The summed E-state index contributed by atoms with van der Waals surface area (Å²) in [5.74, 6) is -1.90. The molecule has 4 nitrogen and oxygen atoms in total. The molecular weight excluding hydrogens is 214 g/mol. The molecule has 16 heavy (non-hydrogen) atoms. The van der Waals surface area contributed by atoms with Crippen LogP contribution in [-0.4, -0.2) is 0 Å². The quantitative estimate of drug-likeness (QED) is 0.460. The lowest BCUT2D eigenvalue weighted by atomic mass is 10.1. The molecule has 0 unspecified atom stereocenters. The molecule has 0 saturated carbocycles. The normalized spacial score (nSPS) is 10.9. The van der Waals surface area contributed by atoms with Crippen LogP contribution < -0.4 is 21.4 Å². The highest BCUT2D eigenvalue weighted by atomic mass is 19.1. The Kier molecular flexibility index (Phi) is 2.01. The molecule has 0 heterocycles. The van der Waals surface area contributed by atoms with Crippen LogP contribution in [0.4, 0.5) is 8.78 Å². The molecule has 0 spiro atoms. The summed E-state index contributed by atoms with van der Waals surface area (Å²) in [4.78, 5) is 0. The molecule has 0 bridgehead atoms. The van der Waals surface area contributed by atoms with Crippen molar-refractivity contribution in [2.45, 2.75) is 0 Å². The fourth-order valence-corrected chi connectivity index (χ4v) is 1.54. The van der Waals surface area contributed by atoms with Crippen LogP contribution in [0, 0.1) is 43.7 Å². The molecule has 80 valence electrons. The topological polar surface area (TPSA) is 95.4 Å². The van der Waals surface area contributed by atoms with E-state index in [9.17, 15) is 8.78 Å². The minimum Gasteiger partial charge on any atom is -0.299 e. The zero-order valence-corrected chi connectivity index (χ0v) is 7.91. The summed E-state index contributed by atoms with van der Waals surface area (Å²) in [6.07, 6.45) is 0. The van der Waals surface area contributed by atoms with Crippen LogP contribution in [0.5, 0.6) is 0 Å². The van der Waals surface area contributed by atoms with Crippen LogP contribution in [0.15, 0.2) is 12.1 Å². The first kappa shape index (κ1) is 10.3. The van der Waals surface area contributed by atoms with E-state index < -0.39 is 43.5 Å². The average molecular weight is 220 g/mol. The fraction of sp³-hybridized carbons (Fsp3) is 0. The van der Waals surface area contributed by atoms with Crippen molar-refractivity contribution in [3.63, 3.8) is 0 Å². The van der Waals surface area contributed by atoms with E-state index in [1.165, 1.54) is 0 Å². The Bertz CT molecular complexity index is 774. The summed E-state index contributed by atoms with van der Waals surface area (Å²) >= 11 is 0. The molecule has 4 N–H and O–H groups in total. The molecule has 0 amide bonds. The summed E-state index contributed by atoms with van der Waals surface area (Å²) < 4.78 is 26.9. The molecule has 0 atom stereocenters. The standard InChI is InChI=1S/C10H6F2N4/c11-3-1-5(13)9(15)8-4(12)2-6(14)10(16)7(3)8/h1-2,13-16H. The molecule has 0 saturated heterocycles. The summed E-state index contributed by atoms with van der Waals surface area (Å²) in [5, 5.41) is 26.8. The van der Waals surface area contributed by atoms with Crippen LogP contribution in [0.2, 0.25) is 0 Å². The van der Waals surface area contributed by atoms with Gasteiger partial charge in [0.2, 0.25) is 0 Å². The molecule has 2 aliphatic rings. The van der Waals surface area contributed by atoms with Crippen molar-refractivity contribution in [1.82, 2.24) is 0 Å². The second kappa shape index (κ2) is 3.13. The number of hydrogen-bond donors (Lipinski definition) is 4. The first-order chi connectivity index (χ1) is 7.43. The first-order valence-corrected chi connectivity index (χ1v) is 4.28. The van der Waals surface area contributed by atoms with Crippen molar-refractivity contribution in [3.05, 3.63) is 55.6 Å². The van der Waals surface area contributed by atoms with E-state index in [-0.39, 0.29) is 0 Å². The van der Waals surface area contributed by atoms with E-state index in [1.54, 1.807) is 0 Å². The largest absolute Gasteiger partial charge is 0.299 e. The third-order valence-corrected chi connectivity index (χ3v) is 2.31. The monoisotopic (exact) mass is 220 g/mol. The maximum Gasteiger partial charge on any atom is 0.135 e. The molecule has 0 aliphatic heterocycles. The molecular formula is C10H6F2N4. The van der Waals surface area contributed by atoms with Crippen LogP contribution in [-0.2, 0) is 0 Å². The molecule has 0 fully saturated rings. The average Bonchev–Trinajstić information content (AvgIpc) is 2.20. The zero-order chi connectivity index (χ0) is 12.0. The van der Waals surface area contributed by atoms with Crippen LogP contribution in [0.3, 0.4) is 0 Å². The van der Waals surface area contributed by atoms with E-state index in [0.29, 0.717) is 0 Å². The van der Waals surface area contributed by atoms with Crippen LogP contribution in [0.1, 0.15) is 0 Å². The van der Waals surface area contributed by atoms with Gasteiger partial charge in [-0.3, -0.25) is 21.6 Å². The van der Waals surface area contributed by atoms with Crippen molar-refractivity contribution in [3.8, 4) is 0 Å². The maximum absolute atomic E-state index is 13.5. The number of nitrogens with one attached hydrogen (secondary N) is 4. The fourth-order valence-electron chi connectivity index (χ4n) is 1.54. The molecule has 6 heteroatoms. The summed E-state index contributed by atoms with van der Waals surface area (Å²) in [7, 11) is 0. The second-order valence-corrected chi connectivity index (χ2v) is 3.31. The van der Waals surface area contributed by atoms with Crippen LogP contribution >= 0.6 is 0 Å². The van der Waals surface area contributed by atoms with Gasteiger partial charge in [0.25, 0.3) is 0 Å². The lowest BCUT2D eigenvalue weighted by Gasteiger charge is -1.97. The van der Waals surface area contributed by atoms with Crippen molar-refractivity contribution in [1.29, 1.82) is 21.6 Å². The minimum absolute atomic E-state index is 0.411. The van der Waals surface area contributed by atoms with Crippen molar-refractivity contribution < 1.29 is 8.78 Å². The number of halogens is 2. The third kappa shape index (κ3) is 1.19. The molecule has 0 aromatic rings. The molecule has 0 radical (unpaired) electrons. The van der Waals surface area contributed by atoms with Gasteiger partial charge in [-0.1, -0.05) is 0 Å². The van der Waals surface area contributed by atoms with Gasteiger partial charge in [0.05, 0.1) is 21.4 Å². The Morgan fingerprint density at radius 2 is 1.00 bits per heavy atom. The lowest BCUT2D eigenvalue weighted by Crippen LogP contribution is -2.34. The Morgan fingerprint density at radius 3 is 1.31 bits per heavy atom. The Labute approximate surface area is 86.9 Å². The molecule has 0 aromatic heterocycles. The van der Waals surface area contributed by atoms with Crippen LogP contribution in [0.25, 0.3) is 0 Å². The minimum atomic E-state index is -0.950. The van der Waals surface area contributed by atoms with Gasteiger partial charge in [-0.05, 0) is 0 Å². The Hall–Kier alpha value is -2.24. The van der Waals surface area contributed by atoms with E-state index in [2.05, 4.69) is 0 Å². The van der Waals surface area contributed by atoms with Gasteiger partial charge in [-0.15, -0.1) is 0 Å². The number of rotatable bonds is 0. The zero-order valence-electron chi connectivity index (χ0n) is 7.91. The molecule has 0 aromatic carbocycles. The smallest absolute Gasteiger partial charge is 0.135 e.